The van der Waals surface area contributed by atoms with E-state index in [1.165, 1.54) is 0 Å². The van der Waals surface area contributed by atoms with Crippen LogP contribution in [0.2, 0.25) is 0 Å². The second kappa shape index (κ2) is 20.2. The number of hydrogen-bond acceptors (Lipinski definition) is 13. The Kier molecular flexibility index (Phi) is 18.7. The SMILES string of the molecule is CCOC(=O)CN(CCN(CCN(CC(=O)OCC)CC(=O)OCC)CC(=O)OC(C)(C)C)CC(=O)OCC. The molecule has 13 nitrogen and oxygen atoms in total. The van der Waals surface area contributed by atoms with Crippen LogP contribution in [0.4, 0.5) is 0 Å². The van der Waals surface area contributed by atoms with Crippen LogP contribution in [0.5, 0.6) is 0 Å². The molecule has 0 rings (SSSR count). The minimum atomic E-state index is -0.692. The van der Waals surface area contributed by atoms with E-state index >= 15 is 0 Å². The van der Waals surface area contributed by atoms with Gasteiger partial charge in [0, 0.05) is 26.2 Å². The minimum absolute atomic E-state index is 0.0867. The number of rotatable bonds is 20. The second-order valence-electron chi connectivity index (χ2n) is 9.50. The van der Waals surface area contributed by atoms with Crippen LogP contribution in [0.15, 0.2) is 0 Å². The molecule has 0 aromatic rings. The third kappa shape index (κ3) is 19.9. The monoisotopic (exact) mass is 561 g/mol. The molecule has 0 aliphatic rings. The van der Waals surface area contributed by atoms with Crippen LogP contribution in [-0.4, -0.2) is 135 Å². The van der Waals surface area contributed by atoms with Gasteiger partial charge >= 0.3 is 29.8 Å². The van der Waals surface area contributed by atoms with Gasteiger partial charge in [-0.2, -0.15) is 0 Å². The largest absolute Gasteiger partial charge is 0.465 e. The summed E-state index contributed by atoms with van der Waals surface area (Å²) < 4.78 is 25.5. The molecule has 0 N–H and O–H groups in total. The number of esters is 5. The molecule has 0 unspecified atom stereocenters. The Labute approximate surface area is 232 Å². The molecular formula is C26H47N3O10. The maximum Gasteiger partial charge on any atom is 0.320 e. The van der Waals surface area contributed by atoms with E-state index in [0.29, 0.717) is 0 Å². The van der Waals surface area contributed by atoms with Gasteiger partial charge in [0.15, 0.2) is 0 Å². The van der Waals surface area contributed by atoms with Crippen molar-refractivity contribution in [2.75, 3.05) is 85.3 Å². The number of hydrogen-bond donors (Lipinski definition) is 0. The third-order valence-corrected chi connectivity index (χ3v) is 4.87. The zero-order valence-corrected chi connectivity index (χ0v) is 24.6. The first-order valence-corrected chi connectivity index (χ1v) is 13.3. The lowest BCUT2D eigenvalue weighted by molar-refractivity contribution is -0.157. The lowest BCUT2D eigenvalue weighted by atomic mass is 10.2. The summed E-state index contributed by atoms with van der Waals surface area (Å²) in [5, 5.41) is 0. The first kappa shape index (κ1) is 36.2. The van der Waals surface area contributed by atoms with Crippen LogP contribution < -0.4 is 0 Å². The van der Waals surface area contributed by atoms with Gasteiger partial charge in [-0.05, 0) is 48.5 Å². The lowest BCUT2D eigenvalue weighted by Crippen LogP contribution is -2.46. The minimum Gasteiger partial charge on any atom is -0.465 e. The average Bonchev–Trinajstić information content (AvgIpc) is 2.79. The molecule has 226 valence electrons. The highest BCUT2D eigenvalue weighted by Gasteiger charge is 2.23. The highest BCUT2D eigenvalue weighted by Crippen LogP contribution is 2.08. The van der Waals surface area contributed by atoms with Crippen molar-refractivity contribution in [3.05, 3.63) is 0 Å². The fraction of sp³-hybridized carbons (Fsp3) is 0.808. The molecule has 0 saturated heterocycles. The quantitative estimate of drug-likeness (QED) is 0.150. The summed E-state index contributed by atoms with van der Waals surface area (Å²) in [6.45, 7) is 13.2. The highest BCUT2D eigenvalue weighted by atomic mass is 16.6. The summed E-state index contributed by atoms with van der Waals surface area (Å²) in [5.74, 6) is -2.43. The topological polar surface area (TPSA) is 141 Å². The zero-order chi connectivity index (χ0) is 29.8. The van der Waals surface area contributed by atoms with Crippen LogP contribution >= 0.6 is 0 Å². The molecule has 0 aliphatic heterocycles. The average molecular weight is 562 g/mol. The van der Waals surface area contributed by atoms with Gasteiger partial charge in [-0.15, -0.1) is 0 Å². The molecule has 0 aromatic carbocycles. The Morgan fingerprint density at radius 3 is 0.974 bits per heavy atom. The fourth-order valence-electron chi connectivity index (χ4n) is 3.38. The molecule has 39 heavy (non-hydrogen) atoms. The van der Waals surface area contributed by atoms with E-state index in [-0.39, 0.29) is 85.3 Å². The van der Waals surface area contributed by atoms with Crippen molar-refractivity contribution in [2.24, 2.45) is 0 Å². The molecular weight excluding hydrogens is 514 g/mol. The number of nitrogens with zero attached hydrogens (tertiary/aromatic N) is 3. The summed E-state index contributed by atoms with van der Waals surface area (Å²) in [5.41, 5.74) is -0.692. The Morgan fingerprint density at radius 1 is 0.462 bits per heavy atom. The van der Waals surface area contributed by atoms with Crippen LogP contribution in [0, 0.1) is 0 Å². The van der Waals surface area contributed by atoms with Gasteiger partial charge in [-0.3, -0.25) is 38.7 Å². The maximum atomic E-state index is 12.6. The first-order chi connectivity index (χ1) is 18.3. The molecule has 0 aliphatic carbocycles. The number of ether oxygens (including phenoxy) is 5. The summed E-state index contributed by atoms with van der Waals surface area (Å²) in [4.78, 5) is 65.9. The van der Waals surface area contributed by atoms with E-state index in [1.54, 1.807) is 63.2 Å². The molecule has 0 radical (unpaired) electrons. The number of carbonyl (C=O) groups is 5. The third-order valence-electron chi connectivity index (χ3n) is 4.87. The first-order valence-electron chi connectivity index (χ1n) is 13.3. The fourth-order valence-corrected chi connectivity index (χ4v) is 3.38. The molecule has 0 heterocycles. The van der Waals surface area contributed by atoms with Crippen LogP contribution in [0.3, 0.4) is 0 Å². The van der Waals surface area contributed by atoms with Crippen LogP contribution in [-0.2, 0) is 47.7 Å². The van der Waals surface area contributed by atoms with E-state index in [9.17, 15) is 24.0 Å². The van der Waals surface area contributed by atoms with Gasteiger partial charge in [0.1, 0.15) is 5.60 Å². The van der Waals surface area contributed by atoms with Crippen LogP contribution in [0.1, 0.15) is 48.5 Å². The van der Waals surface area contributed by atoms with E-state index in [0.717, 1.165) is 0 Å². The second-order valence-corrected chi connectivity index (χ2v) is 9.50. The Hall–Kier alpha value is -2.77. The van der Waals surface area contributed by atoms with Gasteiger partial charge in [0.2, 0.25) is 0 Å². The normalized spacial score (nSPS) is 11.4. The predicted molar refractivity (Wildman–Crippen MR) is 142 cm³/mol. The molecule has 13 heteroatoms. The van der Waals surface area contributed by atoms with Crippen molar-refractivity contribution in [3.63, 3.8) is 0 Å². The summed E-state index contributed by atoms with van der Waals surface area (Å²) in [6, 6.07) is 0. The molecule has 0 spiro atoms. The molecule has 0 amide bonds. The standard InChI is InChI=1S/C26H47N3O10/c1-8-35-21(30)16-28(17-22(31)36-9-2)14-12-27(20-25(34)39-26(5,6)7)13-15-29(18-23(32)37-10-3)19-24(33)38-11-4/h8-20H2,1-7H3. The van der Waals surface area contributed by atoms with Crippen molar-refractivity contribution in [2.45, 2.75) is 54.1 Å². The summed E-state index contributed by atoms with van der Waals surface area (Å²) in [7, 11) is 0. The van der Waals surface area contributed by atoms with E-state index in [1.807, 2.05) is 0 Å². The lowest BCUT2D eigenvalue weighted by Gasteiger charge is -2.29. The van der Waals surface area contributed by atoms with Crippen LogP contribution in [0.25, 0.3) is 0 Å². The smallest absolute Gasteiger partial charge is 0.320 e. The van der Waals surface area contributed by atoms with E-state index in [4.69, 9.17) is 23.7 Å². The van der Waals surface area contributed by atoms with Crippen molar-refractivity contribution >= 4 is 29.8 Å². The molecule has 0 atom stereocenters. The Morgan fingerprint density at radius 2 is 0.718 bits per heavy atom. The van der Waals surface area contributed by atoms with Crippen molar-refractivity contribution in [3.8, 4) is 0 Å². The van der Waals surface area contributed by atoms with Crippen molar-refractivity contribution in [1.29, 1.82) is 0 Å². The van der Waals surface area contributed by atoms with E-state index in [2.05, 4.69) is 0 Å². The Bertz CT molecular complexity index is 682. The molecule has 0 bridgehead atoms. The number of carbonyl (C=O) groups excluding carboxylic acids is 5. The van der Waals surface area contributed by atoms with Gasteiger partial charge in [0.25, 0.3) is 0 Å². The Balaban J connectivity index is 5.60. The van der Waals surface area contributed by atoms with Crippen molar-refractivity contribution < 1.29 is 47.7 Å². The van der Waals surface area contributed by atoms with Gasteiger partial charge < -0.3 is 23.7 Å². The molecule has 0 saturated carbocycles. The van der Waals surface area contributed by atoms with E-state index < -0.39 is 35.4 Å². The zero-order valence-electron chi connectivity index (χ0n) is 24.6. The predicted octanol–water partition coefficient (Wildman–Crippen LogP) is 0.487. The van der Waals surface area contributed by atoms with Gasteiger partial charge in [0.05, 0.1) is 59.2 Å². The summed E-state index contributed by atoms with van der Waals surface area (Å²) >= 11 is 0. The molecule has 0 fully saturated rings. The van der Waals surface area contributed by atoms with Gasteiger partial charge in [-0.25, -0.2) is 0 Å². The van der Waals surface area contributed by atoms with Gasteiger partial charge in [-0.1, -0.05) is 0 Å². The highest BCUT2D eigenvalue weighted by molar-refractivity contribution is 5.75. The molecule has 0 aromatic heterocycles. The maximum absolute atomic E-state index is 12.6. The van der Waals surface area contributed by atoms with Crippen molar-refractivity contribution in [1.82, 2.24) is 14.7 Å². The summed E-state index contributed by atoms with van der Waals surface area (Å²) in [6.07, 6.45) is 0.